The van der Waals surface area contributed by atoms with Crippen molar-refractivity contribution >= 4 is 5.57 Å². The van der Waals surface area contributed by atoms with Gasteiger partial charge in [0.2, 0.25) is 0 Å². The first-order valence-electron chi connectivity index (χ1n) is 6.51. The molecule has 0 bridgehead atoms. The zero-order valence-corrected chi connectivity index (χ0v) is 12.5. The van der Waals surface area contributed by atoms with E-state index in [0.29, 0.717) is 0 Å². The average Bonchev–Trinajstić information content (AvgIpc) is 2.33. The Morgan fingerprint density at radius 1 is 0.889 bits per heavy atom. The van der Waals surface area contributed by atoms with Crippen molar-refractivity contribution in [1.29, 1.82) is 0 Å². The van der Waals surface area contributed by atoms with Crippen LogP contribution in [0, 0.1) is 13.8 Å². The van der Waals surface area contributed by atoms with Crippen LogP contribution < -0.4 is 0 Å². The van der Waals surface area contributed by atoms with Gasteiger partial charge in [0.15, 0.2) is 0 Å². The zero-order chi connectivity index (χ0) is 13.7. The lowest BCUT2D eigenvalue weighted by Gasteiger charge is -2.08. The number of benzene rings is 1. The quantitative estimate of drug-likeness (QED) is 0.601. The Morgan fingerprint density at radius 2 is 1.44 bits per heavy atom. The lowest BCUT2D eigenvalue weighted by molar-refractivity contribution is 1.34. The fourth-order valence-electron chi connectivity index (χ4n) is 1.90. The van der Waals surface area contributed by atoms with Crippen LogP contribution in [0.15, 0.2) is 47.6 Å². The second kappa shape index (κ2) is 6.39. The molecular weight excluding hydrogens is 216 g/mol. The highest BCUT2D eigenvalue weighted by Gasteiger charge is 2.00. The van der Waals surface area contributed by atoms with Crippen molar-refractivity contribution < 1.29 is 0 Å². The third-order valence-corrected chi connectivity index (χ3v) is 3.30. The van der Waals surface area contributed by atoms with E-state index < -0.39 is 0 Å². The number of hydrogen-bond acceptors (Lipinski definition) is 0. The van der Waals surface area contributed by atoms with Crippen LogP contribution in [-0.4, -0.2) is 0 Å². The van der Waals surface area contributed by atoms with E-state index in [1.54, 1.807) is 0 Å². The van der Waals surface area contributed by atoms with Gasteiger partial charge in [-0.2, -0.15) is 0 Å². The van der Waals surface area contributed by atoms with Gasteiger partial charge in [-0.05, 0) is 58.3 Å². The molecule has 0 fully saturated rings. The monoisotopic (exact) mass is 240 g/mol. The molecule has 1 aromatic carbocycles. The van der Waals surface area contributed by atoms with Crippen molar-refractivity contribution in [2.75, 3.05) is 0 Å². The highest BCUT2D eigenvalue weighted by molar-refractivity contribution is 5.69. The molecule has 0 aliphatic rings. The van der Waals surface area contributed by atoms with Crippen LogP contribution in [0.3, 0.4) is 0 Å². The molecule has 0 aliphatic carbocycles. The molecule has 0 N–H and O–H groups in total. The van der Waals surface area contributed by atoms with Crippen molar-refractivity contribution in [3.8, 4) is 0 Å². The Bertz CT molecular complexity index is 491. The normalized spacial score (nSPS) is 14.0. The third kappa shape index (κ3) is 4.03. The molecule has 0 spiro atoms. The van der Waals surface area contributed by atoms with Crippen LogP contribution in [0.1, 0.15) is 44.4 Å². The van der Waals surface area contributed by atoms with E-state index in [1.165, 1.54) is 33.4 Å². The molecule has 0 saturated heterocycles. The summed E-state index contributed by atoms with van der Waals surface area (Å²) >= 11 is 0. The van der Waals surface area contributed by atoms with E-state index >= 15 is 0 Å². The van der Waals surface area contributed by atoms with Crippen LogP contribution >= 0.6 is 0 Å². The molecule has 0 amide bonds. The van der Waals surface area contributed by atoms with Gasteiger partial charge in [0.05, 0.1) is 0 Å². The van der Waals surface area contributed by atoms with E-state index in [9.17, 15) is 0 Å². The van der Waals surface area contributed by atoms with Gasteiger partial charge in [-0.1, -0.05) is 53.1 Å². The summed E-state index contributed by atoms with van der Waals surface area (Å²) in [5, 5.41) is 0. The number of hydrogen-bond donors (Lipinski definition) is 0. The van der Waals surface area contributed by atoms with Gasteiger partial charge >= 0.3 is 0 Å². The van der Waals surface area contributed by atoms with E-state index in [0.717, 1.165) is 0 Å². The van der Waals surface area contributed by atoms with Crippen LogP contribution in [0.2, 0.25) is 0 Å². The van der Waals surface area contributed by atoms with Crippen molar-refractivity contribution in [2.45, 2.75) is 41.5 Å². The molecule has 0 unspecified atom stereocenters. The van der Waals surface area contributed by atoms with Crippen molar-refractivity contribution in [2.24, 2.45) is 0 Å². The summed E-state index contributed by atoms with van der Waals surface area (Å²) in [6.45, 7) is 12.9. The van der Waals surface area contributed by atoms with Crippen LogP contribution in [0.5, 0.6) is 0 Å². The first-order chi connectivity index (χ1) is 8.43. The summed E-state index contributed by atoms with van der Waals surface area (Å²) < 4.78 is 0. The number of aryl methyl sites for hydroxylation is 2. The van der Waals surface area contributed by atoms with Crippen LogP contribution in [0.25, 0.3) is 5.57 Å². The smallest absolute Gasteiger partial charge is 0.0219 e. The molecule has 18 heavy (non-hydrogen) atoms. The predicted molar refractivity (Wildman–Crippen MR) is 82.8 cm³/mol. The molecule has 0 heterocycles. The van der Waals surface area contributed by atoms with Crippen molar-refractivity contribution in [1.82, 2.24) is 0 Å². The highest BCUT2D eigenvalue weighted by Crippen LogP contribution is 2.21. The van der Waals surface area contributed by atoms with Crippen LogP contribution in [-0.2, 0) is 0 Å². The third-order valence-electron chi connectivity index (χ3n) is 3.30. The Labute approximate surface area is 112 Å². The number of rotatable bonds is 3. The second-order valence-electron chi connectivity index (χ2n) is 5.05. The summed E-state index contributed by atoms with van der Waals surface area (Å²) in [5.41, 5.74) is 7.94. The fraction of sp³-hybridized carbons (Fsp3) is 0.333. The molecule has 0 radical (unpaired) electrons. The summed E-state index contributed by atoms with van der Waals surface area (Å²) in [6.07, 6.45) is 6.49. The van der Waals surface area contributed by atoms with E-state index in [2.05, 4.69) is 78.0 Å². The molecule has 1 rings (SSSR count). The Kier molecular flexibility index (Phi) is 5.15. The Hall–Kier alpha value is -1.56. The molecule has 0 nitrogen and oxygen atoms in total. The fourth-order valence-corrected chi connectivity index (χ4v) is 1.90. The topological polar surface area (TPSA) is 0 Å². The molecule has 0 aromatic heterocycles. The molecular formula is C18H24. The van der Waals surface area contributed by atoms with Gasteiger partial charge in [0.1, 0.15) is 0 Å². The largest absolute Gasteiger partial charge is 0.0847 e. The maximum atomic E-state index is 2.25. The SMILES string of the molecule is C/C=C(C)/C=C/C(C)=C(/C)c1cc(C)cc(C)c1. The van der Waals surface area contributed by atoms with E-state index in [-0.39, 0.29) is 0 Å². The second-order valence-corrected chi connectivity index (χ2v) is 5.05. The molecule has 0 saturated carbocycles. The molecule has 0 atom stereocenters. The van der Waals surface area contributed by atoms with Gasteiger partial charge in [-0.15, -0.1) is 0 Å². The minimum atomic E-state index is 1.29. The Balaban J connectivity index is 3.10. The van der Waals surface area contributed by atoms with Crippen molar-refractivity contribution in [3.63, 3.8) is 0 Å². The zero-order valence-electron chi connectivity index (χ0n) is 12.5. The highest BCUT2D eigenvalue weighted by atomic mass is 14.1. The maximum absolute atomic E-state index is 2.25. The van der Waals surface area contributed by atoms with Gasteiger partial charge in [0, 0.05) is 0 Å². The maximum Gasteiger partial charge on any atom is -0.0219 e. The van der Waals surface area contributed by atoms with Gasteiger partial charge in [-0.25, -0.2) is 0 Å². The minimum absolute atomic E-state index is 1.29. The first-order valence-corrected chi connectivity index (χ1v) is 6.51. The van der Waals surface area contributed by atoms with Gasteiger partial charge < -0.3 is 0 Å². The standard InChI is InChI=1S/C18H24/c1-7-13(2)8-9-16(5)17(6)18-11-14(3)10-15(4)12-18/h7-12H,1-6H3/b9-8+,13-7+,17-16-. The molecule has 96 valence electrons. The van der Waals surface area contributed by atoms with E-state index in [1.807, 2.05) is 0 Å². The predicted octanol–water partition coefficient (Wildman–Crippen LogP) is 5.62. The van der Waals surface area contributed by atoms with Gasteiger partial charge in [0.25, 0.3) is 0 Å². The summed E-state index contributed by atoms with van der Waals surface area (Å²) in [6, 6.07) is 6.72. The molecule has 0 heteroatoms. The Morgan fingerprint density at radius 3 is 1.94 bits per heavy atom. The van der Waals surface area contributed by atoms with Crippen LogP contribution in [0.4, 0.5) is 0 Å². The summed E-state index contributed by atoms with van der Waals surface area (Å²) in [5.74, 6) is 0. The number of allylic oxidation sites excluding steroid dienone is 6. The van der Waals surface area contributed by atoms with Gasteiger partial charge in [-0.3, -0.25) is 0 Å². The summed E-state index contributed by atoms with van der Waals surface area (Å²) in [4.78, 5) is 0. The molecule has 0 aliphatic heterocycles. The lowest BCUT2D eigenvalue weighted by Crippen LogP contribution is -1.87. The lowest BCUT2D eigenvalue weighted by atomic mass is 9.98. The first kappa shape index (κ1) is 14.5. The summed E-state index contributed by atoms with van der Waals surface area (Å²) in [7, 11) is 0. The van der Waals surface area contributed by atoms with E-state index in [4.69, 9.17) is 0 Å². The van der Waals surface area contributed by atoms with Crippen molar-refractivity contribution in [3.05, 3.63) is 64.3 Å². The minimum Gasteiger partial charge on any atom is -0.0847 e. The average molecular weight is 240 g/mol. The molecule has 1 aromatic rings.